The van der Waals surface area contributed by atoms with E-state index >= 15 is 0 Å². The molecule has 0 radical (unpaired) electrons. The molecule has 1 aliphatic rings. The smallest absolute Gasteiger partial charge is 0.306 e. The van der Waals surface area contributed by atoms with Crippen LogP contribution in [0.25, 0.3) is 0 Å². The first-order valence-corrected chi connectivity index (χ1v) is 15.1. The minimum absolute atomic E-state index is 0.0156. The molecule has 0 aromatic rings. The molecule has 6 atom stereocenters. The van der Waals surface area contributed by atoms with E-state index in [0.717, 1.165) is 0 Å². The topological polar surface area (TPSA) is 152 Å². The minimum Gasteiger partial charge on any atom is -0.455 e. The minimum atomic E-state index is -1.77. The third kappa shape index (κ3) is 13.1. The Labute approximate surface area is 250 Å². The first-order valence-electron chi connectivity index (χ1n) is 15.1. The number of hydrogen-bond acceptors (Lipinski definition) is 11. The number of hydrogen-bond donors (Lipinski definition) is 1. The van der Waals surface area contributed by atoms with Gasteiger partial charge in [0.1, 0.15) is 6.10 Å². The van der Waals surface area contributed by atoms with Gasteiger partial charge in [-0.15, -0.1) is 0 Å². The van der Waals surface area contributed by atoms with E-state index in [2.05, 4.69) is 0 Å². The van der Waals surface area contributed by atoms with Gasteiger partial charge < -0.3 is 28.8 Å². The number of carbonyl (C=O) groups excluding carboxylic acids is 5. The summed E-state index contributed by atoms with van der Waals surface area (Å²) in [7, 11) is 0. The second-order valence-corrected chi connectivity index (χ2v) is 13.3. The van der Waals surface area contributed by atoms with Crippen molar-refractivity contribution >= 4 is 29.8 Å². The number of aliphatic hydroxyl groups excluding tert-OH is 1. The van der Waals surface area contributed by atoms with Crippen LogP contribution in [0, 0.1) is 29.6 Å². The molecule has 1 aliphatic carbocycles. The Bertz CT molecular complexity index is 849. The Morgan fingerprint density at radius 1 is 0.405 bits per heavy atom. The van der Waals surface area contributed by atoms with E-state index in [1.165, 1.54) is 0 Å². The molecule has 42 heavy (non-hydrogen) atoms. The fraction of sp³-hybridized carbons (Fsp3) is 0.839. The van der Waals surface area contributed by atoms with Crippen LogP contribution in [0.5, 0.6) is 0 Å². The molecule has 11 heteroatoms. The first kappa shape index (κ1) is 37.3. The van der Waals surface area contributed by atoms with E-state index < -0.39 is 66.5 Å². The van der Waals surface area contributed by atoms with E-state index in [4.69, 9.17) is 23.7 Å². The van der Waals surface area contributed by atoms with Crippen LogP contribution in [0.4, 0.5) is 0 Å². The van der Waals surface area contributed by atoms with Crippen molar-refractivity contribution in [2.75, 3.05) is 0 Å². The van der Waals surface area contributed by atoms with Gasteiger partial charge in [-0.2, -0.15) is 0 Å². The maximum atomic E-state index is 13.0. The predicted octanol–water partition coefficient (Wildman–Crippen LogP) is 4.15. The van der Waals surface area contributed by atoms with Gasteiger partial charge in [0.15, 0.2) is 30.5 Å². The van der Waals surface area contributed by atoms with Crippen molar-refractivity contribution < 1.29 is 52.8 Å². The van der Waals surface area contributed by atoms with Crippen LogP contribution >= 0.6 is 0 Å². The molecular weight excluding hydrogens is 548 g/mol. The fourth-order valence-corrected chi connectivity index (χ4v) is 4.48. The lowest BCUT2D eigenvalue weighted by atomic mass is 9.83. The lowest BCUT2D eigenvalue weighted by Crippen LogP contribution is -2.68. The third-order valence-corrected chi connectivity index (χ3v) is 6.18. The Balaban J connectivity index is 3.74. The molecule has 242 valence electrons. The molecular formula is C31H52O11. The van der Waals surface area contributed by atoms with E-state index in [9.17, 15) is 29.1 Å². The molecule has 0 saturated heterocycles. The van der Waals surface area contributed by atoms with Crippen LogP contribution in [-0.2, 0) is 47.7 Å². The van der Waals surface area contributed by atoms with Crippen LogP contribution in [0.15, 0.2) is 0 Å². The molecule has 0 amide bonds. The quantitative estimate of drug-likeness (QED) is 0.213. The second kappa shape index (κ2) is 17.4. The fourth-order valence-electron chi connectivity index (χ4n) is 4.48. The Morgan fingerprint density at radius 3 is 0.762 bits per heavy atom. The summed E-state index contributed by atoms with van der Waals surface area (Å²) < 4.78 is 28.6. The van der Waals surface area contributed by atoms with Gasteiger partial charge >= 0.3 is 29.8 Å². The lowest BCUT2D eigenvalue weighted by Gasteiger charge is -2.46. The zero-order valence-electron chi connectivity index (χ0n) is 26.9. The third-order valence-electron chi connectivity index (χ3n) is 6.18. The van der Waals surface area contributed by atoms with E-state index in [-0.39, 0.29) is 61.7 Å². The van der Waals surface area contributed by atoms with Gasteiger partial charge in [-0.3, -0.25) is 24.0 Å². The highest BCUT2D eigenvalue weighted by Crippen LogP contribution is 2.34. The number of carbonyl (C=O) groups is 5. The maximum Gasteiger partial charge on any atom is 0.306 e. The van der Waals surface area contributed by atoms with E-state index in [1.54, 1.807) is 69.2 Å². The summed E-state index contributed by atoms with van der Waals surface area (Å²) in [6.07, 6.45) is -9.66. The van der Waals surface area contributed by atoms with E-state index in [0.29, 0.717) is 0 Å². The summed E-state index contributed by atoms with van der Waals surface area (Å²) in [6.45, 7) is 18.0. The molecule has 1 N–H and O–H groups in total. The average molecular weight is 601 g/mol. The molecule has 0 spiro atoms. The number of esters is 5. The molecule has 1 fully saturated rings. The molecule has 1 saturated carbocycles. The van der Waals surface area contributed by atoms with Crippen LogP contribution < -0.4 is 0 Å². The highest BCUT2D eigenvalue weighted by molar-refractivity contribution is 5.73. The Hall–Kier alpha value is -2.69. The average Bonchev–Trinajstić information content (AvgIpc) is 2.78. The Morgan fingerprint density at radius 2 is 0.571 bits per heavy atom. The van der Waals surface area contributed by atoms with Crippen LogP contribution in [0.1, 0.15) is 101 Å². The summed E-state index contributed by atoms with van der Waals surface area (Å²) >= 11 is 0. The van der Waals surface area contributed by atoms with E-state index in [1.807, 2.05) is 0 Å². The molecule has 0 bridgehead atoms. The molecule has 0 aromatic carbocycles. The van der Waals surface area contributed by atoms with Crippen molar-refractivity contribution in [1.29, 1.82) is 0 Å². The number of rotatable bonds is 15. The first-order chi connectivity index (χ1) is 19.4. The summed E-state index contributed by atoms with van der Waals surface area (Å²) in [5, 5.41) is 11.5. The van der Waals surface area contributed by atoms with Gasteiger partial charge in [0.2, 0.25) is 0 Å². The van der Waals surface area contributed by atoms with Crippen LogP contribution in [-0.4, -0.2) is 71.6 Å². The summed E-state index contributed by atoms with van der Waals surface area (Å²) in [5.41, 5.74) is 0. The summed E-state index contributed by atoms with van der Waals surface area (Å²) in [5.74, 6) is -3.97. The van der Waals surface area contributed by atoms with Crippen molar-refractivity contribution in [2.45, 2.75) is 138 Å². The van der Waals surface area contributed by atoms with Gasteiger partial charge in [0.25, 0.3) is 0 Å². The molecule has 2 unspecified atom stereocenters. The van der Waals surface area contributed by atoms with Crippen molar-refractivity contribution in [3.63, 3.8) is 0 Å². The lowest BCUT2D eigenvalue weighted by molar-refractivity contribution is -0.258. The second-order valence-electron chi connectivity index (χ2n) is 13.3. The van der Waals surface area contributed by atoms with Crippen LogP contribution in [0.2, 0.25) is 0 Å². The summed E-state index contributed by atoms with van der Waals surface area (Å²) in [6, 6.07) is 0. The Kier molecular flexibility index (Phi) is 15.5. The molecule has 0 aliphatic heterocycles. The van der Waals surface area contributed by atoms with Gasteiger partial charge in [0, 0.05) is 32.1 Å². The molecule has 0 aromatic heterocycles. The number of ether oxygens (including phenoxy) is 5. The van der Waals surface area contributed by atoms with Gasteiger partial charge in [-0.05, 0) is 29.6 Å². The van der Waals surface area contributed by atoms with Crippen molar-refractivity contribution in [3.05, 3.63) is 0 Å². The van der Waals surface area contributed by atoms with Crippen molar-refractivity contribution in [3.8, 4) is 0 Å². The number of aliphatic hydroxyl groups is 1. The zero-order valence-corrected chi connectivity index (χ0v) is 26.9. The van der Waals surface area contributed by atoms with Gasteiger partial charge in [-0.1, -0.05) is 69.2 Å². The standard InChI is InChI=1S/C31H52O11/c1-16(2)11-21(32)38-27-26(37)28(39-22(33)12-17(3)4)30(41-24(35)14-19(7)8)31(42-25(36)15-20(9)10)29(27)40-23(34)13-18(5)6/h16-20,26-31,37H,11-15H2,1-10H3/t26?,27-,28+,29-,30-,31?/m0/s1. The molecule has 1 rings (SSSR count). The van der Waals surface area contributed by atoms with Gasteiger partial charge in [-0.25, -0.2) is 0 Å². The largest absolute Gasteiger partial charge is 0.455 e. The highest BCUT2D eigenvalue weighted by Gasteiger charge is 2.59. The normalized spacial score (nSPS) is 24.2. The molecule has 0 heterocycles. The van der Waals surface area contributed by atoms with Crippen molar-refractivity contribution in [1.82, 2.24) is 0 Å². The highest BCUT2D eigenvalue weighted by atomic mass is 16.7. The SMILES string of the molecule is CC(C)CC(=O)OC1[C@@H](OC(=O)CC(C)C)[C@H](OC(=O)CC(C)C)C(O)[C@H](OC(=O)CC(C)C)[C@@H]1OC(=O)CC(C)C. The maximum absolute atomic E-state index is 13.0. The monoisotopic (exact) mass is 600 g/mol. The predicted molar refractivity (Wildman–Crippen MR) is 153 cm³/mol. The van der Waals surface area contributed by atoms with Crippen LogP contribution in [0.3, 0.4) is 0 Å². The van der Waals surface area contributed by atoms with Gasteiger partial charge in [0.05, 0.1) is 0 Å². The summed E-state index contributed by atoms with van der Waals surface area (Å²) in [4.78, 5) is 64.5. The van der Waals surface area contributed by atoms with Crippen molar-refractivity contribution in [2.24, 2.45) is 29.6 Å². The molecule has 11 nitrogen and oxygen atoms in total. The zero-order chi connectivity index (χ0) is 32.3.